The molecule has 0 aliphatic rings. The van der Waals surface area contributed by atoms with Crippen molar-refractivity contribution in [2.24, 2.45) is 0 Å². The maximum atomic E-state index is 12.5. The van der Waals surface area contributed by atoms with E-state index in [4.69, 9.17) is 0 Å². The molecule has 22 heavy (non-hydrogen) atoms. The first-order chi connectivity index (χ1) is 10.5. The zero-order valence-electron chi connectivity index (χ0n) is 12.4. The fourth-order valence-electron chi connectivity index (χ4n) is 2.14. The van der Waals surface area contributed by atoms with Crippen molar-refractivity contribution < 1.29 is 18.3 Å². The van der Waals surface area contributed by atoms with Gasteiger partial charge < -0.3 is 9.64 Å². The number of amides is 1. The van der Waals surface area contributed by atoms with Gasteiger partial charge in [-0.1, -0.05) is 36.4 Å². The molecular formula is C17H17F2NO2. The van der Waals surface area contributed by atoms with Crippen LogP contribution in [0.4, 0.5) is 8.78 Å². The number of ether oxygens (including phenoxy) is 1. The van der Waals surface area contributed by atoms with E-state index in [2.05, 4.69) is 4.74 Å². The summed E-state index contributed by atoms with van der Waals surface area (Å²) in [5, 5.41) is 0. The number of alkyl halides is 2. The molecular weight excluding hydrogens is 288 g/mol. The van der Waals surface area contributed by atoms with Crippen molar-refractivity contribution >= 4 is 5.91 Å². The van der Waals surface area contributed by atoms with Crippen molar-refractivity contribution in [3.05, 3.63) is 65.7 Å². The fraction of sp³-hybridized carbons (Fsp3) is 0.235. The first kappa shape index (κ1) is 15.9. The van der Waals surface area contributed by atoms with E-state index in [-0.39, 0.29) is 17.7 Å². The molecule has 0 spiro atoms. The van der Waals surface area contributed by atoms with Gasteiger partial charge in [0, 0.05) is 12.6 Å². The van der Waals surface area contributed by atoms with Crippen LogP contribution in [0, 0.1) is 0 Å². The molecule has 2 aromatic carbocycles. The Balaban J connectivity index is 2.17. The maximum Gasteiger partial charge on any atom is 0.387 e. The monoisotopic (exact) mass is 305 g/mol. The van der Waals surface area contributed by atoms with Crippen molar-refractivity contribution in [1.29, 1.82) is 0 Å². The summed E-state index contributed by atoms with van der Waals surface area (Å²) in [5.41, 5.74) is 1.31. The van der Waals surface area contributed by atoms with Gasteiger partial charge in [-0.05, 0) is 30.7 Å². The number of carbonyl (C=O) groups excluding carboxylic acids is 1. The summed E-state index contributed by atoms with van der Waals surface area (Å²) in [5.74, 6) is -0.280. The Morgan fingerprint density at radius 1 is 1.09 bits per heavy atom. The summed E-state index contributed by atoms with van der Waals surface area (Å²) in [6.45, 7) is -1.00. The quantitative estimate of drug-likeness (QED) is 0.831. The highest BCUT2D eigenvalue weighted by molar-refractivity contribution is 5.94. The third kappa shape index (κ3) is 3.81. The van der Waals surface area contributed by atoms with Crippen LogP contribution < -0.4 is 4.74 Å². The smallest absolute Gasteiger partial charge is 0.387 e. The maximum absolute atomic E-state index is 12.5. The third-order valence-electron chi connectivity index (χ3n) is 3.49. The summed E-state index contributed by atoms with van der Waals surface area (Å²) < 4.78 is 28.8. The van der Waals surface area contributed by atoms with Crippen LogP contribution in [-0.4, -0.2) is 24.5 Å². The number of benzene rings is 2. The van der Waals surface area contributed by atoms with Crippen LogP contribution in [0.3, 0.4) is 0 Å². The number of hydrogen-bond donors (Lipinski definition) is 0. The molecule has 0 aromatic heterocycles. The van der Waals surface area contributed by atoms with Gasteiger partial charge in [-0.15, -0.1) is 0 Å². The summed E-state index contributed by atoms with van der Waals surface area (Å²) >= 11 is 0. The summed E-state index contributed by atoms with van der Waals surface area (Å²) in [6.07, 6.45) is 0. The molecule has 2 rings (SSSR count). The van der Waals surface area contributed by atoms with Gasteiger partial charge in [0.1, 0.15) is 5.75 Å². The lowest BCUT2D eigenvalue weighted by molar-refractivity contribution is -0.0499. The molecule has 2 aromatic rings. The minimum absolute atomic E-state index is 0.0263. The highest BCUT2D eigenvalue weighted by Gasteiger charge is 2.19. The van der Waals surface area contributed by atoms with Crippen LogP contribution in [-0.2, 0) is 0 Å². The molecule has 116 valence electrons. The Labute approximate surface area is 128 Å². The molecule has 1 atom stereocenters. The van der Waals surface area contributed by atoms with Crippen molar-refractivity contribution in [3.8, 4) is 5.75 Å². The second-order valence-corrected chi connectivity index (χ2v) is 4.91. The van der Waals surface area contributed by atoms with E-state index in [1.807, 2.05) is 37.3 Å². The van der Waals surface area contributed by atoms with Gasteiger partial charge in [-0.3, -0.25) is 4.79 Å². The summed E-state index contributed by atoms with van der Waals surface area (Å²) in [7, 11) is 1.68. The Kier molecular flexibility index (Phi) is 5.09. The van der Waals surface area contributed by atoms with E-state index in [1.54, 1.807) is 18.0 Å². The lowest BCUT2D eigenvalue weighted by atomic mass is 10.1. The van der Waals surface area contributed by atoms with Gasteiger partial charge in [0.25, 0.3) is 5.91 Å². The van der Waals surface area contributed by atoms with Crippen molar-refractivity contribution in [1.82, 2.24) is 4.90 Å². The molecule has 0 aliphatic heterocycles. The minimum Gasteiger partial charge on any atom is -0.435 e. The minimum atomic E-state index is -2.91. The molecule has 0 N–H and O–H groups in total. The van der Waals surface area contributed by atoms with Gasteiger partial charge in [0.05, 0.1) is 6.04 Å². The highest BCUT2D eigenvalue weighted by atomic mass is 19.3. The molecule has 0 heterocycles. The van der Waals surface area contributed by atoms with E-state index in [0.29, 0.717) is 5.56 Å². The normalized spacial score (nSPS) is 12.0. The molecule has 0 aliphatic carbocycles. The second kappa shape index (κ2) is 7.02. The Hall–Kier alpha value is -2.43. The van der Waals surface area contributed by atoms with E-state index >= 15 is 0 Å². The highest BCUT2D eigenvalue weighted by Crippen LogP contribution is 2.22. The molecule has 0 radical (unpaired) electrons. The van der Waals surface area contributed by atoms with E-state index < -0.39 is 6.61 Å². The van der Waals surface area contributed by atoms with Gasteiger partial charge >= 0.3 is 6.61 Å². The molecule has 0 saturated heterocycles. The van der Waals surface area contributed by atoms with Gasteiger partial charge in [-0.25, -0.2) is 0 Å². The molecule has 3 nitrogen and oxygen atoms in total. The van der Waals surface area contributed by atoms with E-state index in [9.17, 15) is 13.6 Å². The average molecular weight is 305 g/mol. The Morgan fingerprint density at radius 3 is 2.41 bits per heavy atom. The summed E-state index contributed by atoms with van der Waals surface area (Å²) in [6, 6.07) is 15.3. The molecule has 1 amide bonds. The second-order valence-electron chi connectivity index (χ2n) is 4.91. The average Bonchev–Trinajstić information content (AvgIpc) is 2.53. The zero-order valence-corrected chi connectivity index (χ0v) is 12.4. The van der Waals surface area contributed by atoms with Crippen molar-refractivity contribution in [2.75, 3.05) is 7.05 Å². The Morgan fingerprint density at radius 2 is 1.77 bits per heavy atom. The Bertz CT molecular complexity index is 632. The zero-order chi connectivity index (χ0) is 16.1. The molecule has 5 heteroatoms. The van der Waals surface area contributed by atoms with E-state index in [0.717, 1.165) is 5.56 Å². The number of carbonyl (C=O) groups is 1. The van der Waals surface area contributed by atoms with Crippen LogP contribution >= 0.6 is 0 Å². The first-order valence-corrected chi connectivity index (χ1v) is 6.86. The van der Waals surface area contributed by atoms with Crippen LogP contribution in [0.5, 0.6) is 5.75 Å². The lowest BCUT2D eigenvalue weighted by Gasteiger charge is -2.25. The third-order valence-corrected chi connectivity index (χ3v) is 3.49. The SMILES string of the molecule is CC(c1ccccc1)N(C)C(=O)c1cccc(OC(F)F)c1. The topological polar surface area (TPSA) is 29.5 Å². The summed E-state index contributed by atoms with van der Waals surface area (Å²) in [4.78, 5) is 14.0. The van der Waals surface area contributed by atoms with Crippen LogP contribution in [0.15, 0.2) is 54.6 Å². The van der Waals surface area contributed by atoms with Crippen LogP contribution in [0.25, 0.3) is 0 Å². The first-order valence-electron chi connectivity index (χ1n) is 6.86. The molecule has 0 saturated carbocycles. The van der Waals surface area contributed by atoms with Gasteiger partial charge in [0.15, 0.2) is 0 Å². The predicted molar refractivity (Wildman–Crippen MR) is 80.0 cm³/mol. The fourth-order valence-corrected chi connectivity index (χ4v) is 2.14. The van der Waals surface area contributed by atoms with Gasteiger partial charge in [0.2, 0.25) is 0 Å². The largest absolute Gasteiger partial charge is 0.435 e. The van der Waals surface area contributed by atoms with E-state index in [1.165, 1.54) is 18.2 Å². The molecule has 0 fully saturated rings. The number of halogens is 2. The number of rotatable bonds is 5. The van der Waals surface area contributed by atoms with Crippen LogP contribution in [0.1, 0.15) is 28.9 Å². The molecule has 1 unspecified atom stereocenters. The van der Waals surface area contributed by atoms with Crippen molar-refractivity contribution in [2.45, 2.75) is 19.6 Å². The number of hydrogen-bond acceptors (Lipinski definition) is 2. The standard InChI is InChI=1S/C17H17F2NO2/c1-12(13-7-4-3-5-8-13)20(2)16(21)14-9-6-10-15(11-14)22-17(18)19/h3-12,17H,1-2H3. The number of nitrogens with zero attached hydrogens (tertiary/aromatic N) is 1. The van der Waals surface area contributed by atoms with Crippen molar-refractivity contribution in [3.63, 3.8) is 0 Å². The molecule has 0 bridgehead atoms. The lowest BCUT2D eigenvalue weighted by Crippen LogP contribution is -2.29. The van der Waals surface area contributed by atoms with Crippen LogP contribution in [0.2, 0.25) is 0 Å². The predicted octanol–water partition coefficient (Wildman–Crippen LogP) is 4.12. The van der Waals surface area contributed by atoms with Gasteiger partial charge in [-0.2, -0.15) is 8.78 Å².